The summed E-state index contributed by atoms with van der Waals surface area (Å²) in [6, 6.07) is 9.08. The molecule has 0 aromatic heterocycles. The summed E-state index contributed by atoms with van der Waals surface area (Å²) in [7, 11) is 0. The summed E-state index contributed by atoms with van der Waals surface area (Å²) in [5, 5.41) is 15.6. The molecular formula is C13H13NO3. The maximum absolute atomic E-state index is 10.3. The van der Waals surface area contributed by atoms with Crippen LogP contribution in [0.5, 0.6) is 5.75 Å². The van der Waals surface area contributed by atoms with Gasteiger partial charge < -0.3 is 15.3 Å². The average Bonchev–Trinajstić information content (AvgIpc) is 2.34. The van der Waals surface area contributed by atoms with E-state index in [0.29, 0.717) is 11.5 Å². The lowest BCUT2D eigenvalue weighted by Gasteiger charge is -2.03. The van der Waals surface area contributed by atoms with Crippen molar-refractivity contribution in [2.75, 3.05) is 0 Å². The SMILES string of the molecule is N=C/C(=C\C=C\CC(=O)O)Oc1ccccc1. The number of nitrogens with one attached hydrogen (secondary N) is 1. The number of hydrogen-bond donors (Lipinski definition) is 2. The fraction of sp³-hybridized carbons (Fsp3) is 0.0769. The largest absolute Gasteiger partial charge is 0.481 e. The molecule has 0 amide bonds. The minimum atomic E-state index is -0.893. The van der Waals surface area contributed by atoms with Gasteiger partial charge in [-0.15, -0.1) is 0 Å². The van der Waals surface area contributed by atoms with E-state index in [-0.39, 0.29) is 6.42 Å². The predicted molar refractivity (Wildman–Crippen MR) is 65.3 cm³/mol. The van der Waals surface area contributed by atoms with E-state index < -0.39 is 5.97 Å². The van der Waals surface area contributed by atoms with Gasteiger partial charge in [-0.1, -0.05) is 30.4 Å². The van der Waals surface area contributed by atoms with Crippen LogP contribution in [-0.2, 0) is 4.79 Å². The quantitative estimate of drug-likeness (QED) is 0.449. The number of rotatable bonds is 6. The van der Waals surface area contributed by atoms with Crippen molar-refractivity contribution in [1.82, 2.24) is 0 Å². The summed E-state index contributed by atoms with van der Waals surface area (Å²) in [5.41, 5.74) is 0. The molecule has 1 aromatic rings. The normalized spacial score (nSPS) is 11.4. The third kappa shape index (κ3) is 5.32. The lowest BCUT2D eigenvalue weighted by Crippen LogP contribution is -1.95. The van der Waals surface area contributed by atoms with Crippen LogP contribution >= 0.6 is 0 Å². The Morgan fingerprint density at radius 3 is 2.65 bits per heavy atom. The molecule has 4 nitrogen and oxygen atoms in total. The van der Waals surface area contributed by atoms with Crippen molar-refractivity contribution in [3.8, 4) is 5.75 Å². The Morgan fingerprint density at radius 2 is 2.06 bits per heavy atom. The number of carboxylic acids is 1. The second-order valence-electron chi connectivity index (χ2n) is 3.15. The number of aliphatic carboxylic acids is 1. The molecule has 0 unspecified atom stereocenters. The second kappa shape index (κ2) is 7.00. The van der Waals surface area contributed by atoms with Gasteiger partial charge in [0.2, 0.25) is 0 Å². The Balaban J connectivity index is 2.59. The minimum absolute atomic E-state index is 0.0485. The molecule has 4 heteroatoms. The average molecular weight is 231 g/mol. The summed E-state index contributed by atoms with van der Waals surface area (Å²) in [6.07, 6.45) is 5.60. The molecular weight excluding hydrogens is 218 g/mol. The van der Waals surface area contributed by atoms with Gasteiger partial charge in [-0.05, 0) is 18.2 Å². The third-order valence-electron chi connectivity index (χ3n) is 1.81. The number of carboxylic acid groups (broad SMARTS) is 1. The van der Waals surface area contributed by atoms with Gasteiger partial charge in [0, 0.05) is 0 Å². The molecule has 0 spiro atoms. The first-order valence-corrected chi connectivity index (χ1v) is 5.04. The molecule has 0 heterocycles. The molecule has 0 atom stereocenters. The highest BCUT2D eigenvalue weighted by atomic mass is 16.5. The van der Waals surface area contributed by atoms with Crippen molar-refractivity contribution in [3.63, 3.8) is 0 Å². The van der Waals surface area contributed by atoms with Crippen LogP contribution in [0, 0.1) is 5.41 Å². The molecule has 0 saturated carbocycles. The van der Waals surface area contributed by atoms with E-state index in [1.165, 1.54) is 6.08 Å². The van der Waals surface area contributed by atoms with Gasteiger partial charge in [0.05, 0.1) is 12.6 Å². The monoisotopic (exact) mass is 231 g/mol. The molecule has 0 aliphatic heterocycles. The van der Waals surface area contributed by atoms with Crippen molar-refractivity contribution in [3.05, 3.63) is 54.3 Å². The molecule has 0 aliphatic rings. The van der Waals surface area contributed by atoms with Gasteiger partial charge in [0.25, 0.3) is 0 Å². The van der Waals surface area contributed by atoms with Crippen molar-refractivity contribution in [2.45, 2.75) is 6.42 Å². The van der Waals surface area contributed by atoms with Crippen LogP contribution in [-0.4, -0.2) is 17.3 Å². The van der Waals surface area contributed by atoms with E-state index in [2.05, 4.69) is 0 Å². The van der Waals surface area contributed by atoms with Crippen molar-refractivity contribution in [2.24, 2.45) is 0 Å². The lowest BCUT2D eigenvalue weighted by atomic mass is 10.3. The number of para-hydroxylation sites is 1. The van der Waals surface area contributed by atoms with E-state index in [9.17, 15) is 4.79 Å². The number of allylic oxidation sites excluding steroid dienone is 3. The Hall–Kier alpha value is -2.36. The maximum atomic E-state index is 10.3. The summed E-state index contributed by atoms with van der Waals surface area (Å²) in [5.74, 6) is 0.0850. The summed E-state index contributed by atoms with van der Waals surface area (Å²) in [4.78, 5) is 10.3. The van der Waals surface area contributed by atoms with Crippen LogP contribution in [0.2, 0.25) is 0 Å². The third-order valence-corrected chi connectivity index (χ3v) is 1.81. The van der Waals surface area contributed by atoms with Gasteiger partial charge in [-0.25, -0.2) is 0 Å². The first-order chi connectivity index (χ1) is 8.22. The Kier molecular flexibility index (Phi) is 5.24. The summed E-state index contributed by atoms with van der Waals surface area (Å²) >= 11 is 0. The summed E-state index contributed by atoms with van der Waals surface area (Å²) < 4.78 is 5.39. The van der Waals surface area contributed by atoms with Crippen molar-refractivity contribution < 1.29 is 14.6 Å². The van der Waals surface area contributed by atoms with Gasteiger partial charge in [0.15, 0.2) is 0 Å². The van der Waals surface area contributed by atoms with Crippen LogP contribution in [0.3, 0.4) is 0 Å². The Morgan fingerprint density at radius 1 is 1.35 bits per heavy atom. The zero-order chi connectivity index (χ0) is 12.5. The first kappa shape index (κ1) is 12.7. The zero-order valence-electron chi connectivity index (χ0n) is 9.17. The van der Waals surface area contributed by atoms with Crippen LogP contribution in [0.1, 0.15) is 6.42 Å². The predicted octanol–water partition coefficient (Wildman–Crippen LogP) is 2.63. The molecule has 1 rings (SSSR count). The fourth-order valence-corrected chi connectivity index (χ4v) is 1.07. The van der Waals surface area contributed by atoms with Crippen LogP contribution in [0.4, 0.5) is 0 Å². The molecule has 2 N–H and O–H groups in total. The van der Waals surface area contributed by atoms with Gasteiger partial charge in [-0.2, -0.15) is 0 Å². The Labute approximate surface area is 99.4 Å². The molecule has 0 fully saturated rings. The lowest BCUT2D eigenvalue weighted by molar-refractivity contribution is -0.136. The van der Waals surface area contributed by atoms with E-state index >= 15 is 0 Å². The van der Waals surface area contributed by atoms with Gasteiger partial charge in [-0.3, -0.25) is 4.79 Å². The van der Waals surface area contributed by atoms with Crippen molar-refractivity contribution in [1.29, 1.82) is 5.41 Å². The van der Waals surface area contributed by atoms with Gasteiger partial charge >= 0.3 is 5.97 Å². The molecule has 0 radical (unpaired) electrons. The van der Waals surface area contributed by atoms with E-state index in [4.69, 9.17) is 15.3 Å². The molecule has 0 saturated heterocycles. The highest BCUT2D eigenvalue weighted by Gasteiger charge is 1.95. The highest BCUT2D eigenvalue weighted by Crippen LogP contribution is 2.11. The fourth-order valence-electron chi connectivity index (χ4n) is 1.07. The van der Waals surface area contributed by atoms with Crippen LogP contribution in [0.15, 0.2) is 54.3 Å². The van der Waals surface area contributed by atoms with E-state index in [1.807, 2.05) is 18.2 Å². The van der Waals surface area contributed by atoms with Crippen LogP contribution < -0.4 is 4.74 Å². The number of ether oxygens (including phenoxy) is 1. The van der Waals surface area contributed by atoms with E-state index in [1.54, 1.807) is 24.3 Å². The molecule has 88 valence electrons. The van der Waals surface area contributed by atoms with E-state index in [0.717, 1.165) is 6.21 Å². The zero-order valence-corrected chi connectivity index (χ0v) is 9.17. The number of hydrogen-bond acceptors (Lipinski definition) is 3. The molecule has 1 aromatic carbocycles. The number of carbonyl (C=O) groups is 1. The number of benzene rings is 1. The second-order valence-corrected chi connectivity index (χ2v) is 3.15. The smallest absolute Gasteiger partial charge is 0.307 e. The molecule has 17 heavy (non-hydrogen) atoms. The van der Waals surface area contributed by atoms with Crippen molar-refractivity contribution >= 4 is 12.2 Å². The topological polar surface area (TPSA) is 70.4 Å². The standard InChI is InChI=1S/C13H13NO3/c14-10-12(8-4-5-9-13(15)16)17-11-6-2-1-3-7-11/h1-8,10,14H,9H2,(H,15,16)/b5-4+,12-8+,14-10?. The minimum Gasteiger partial charge on any atom is -0.481 e. The molecule has 0 bridgehead atoms. The maximum Gasteiger partial charge on any atom is 0.307 e. The summed E-state index contributed by atoms with van der Waals surface area (Å²) in [6.45, 7) is 0. The Bertz CT molecular complexity index is 435. The first-order valence-electron chi connectivity index (χ1n) is 5.04. The van der Waals surface area contributed by atoms with Crippen LogP contribution in [0.25, 0.3) is 0 Å². The highest BCUT2D eigenvalue weighted by molar-refractivity contribution is 5.74. The molecule has 0 aliphatic carbocycles. The van der Waals surface area contributed by atoms with Gasteiger partial charge in [0.1, 0.15) is 11.5 Å².